The molecule has 0 radical (unpaired) electrons. The van der Waals surface area contributed by atoms with Crippen LogP contribution in [0.5, 0.6) is 0 Å². The zero-order chi connectivity index (χ0) is 14.0. The molecule has 0 aliphatic rings. The first-order valence-corrected chi connectivity index (χ1v) is 7.08. The van der Waals surface area contributed by atoms with E-state index in [0.29, 0.717) is 0 Å². The molecule has 0 spiro atoms. The van der Waals surface area contributed by atoms with Gasteiger partial charge in [-0.1, -0.05) is 27.2 Å². The van der Waals surface area contributed by atoms with Crippen LogP contribution in [0.1, 0.15) is 32.0 Å². The summed E-state index contributed by atoms with van der Waals surface area (Å²) in [7, 11) is 0. The van der Waals surface area contributed by atoms with Crippen LogP contribution >= 0.6 is 15.9 Å². The van der Waals surface area contributed by atoms with E-state index in [-0.39, 0.29) is 5.54 Å². The van der Waals surface area contributed by atoms with Crippen molar-refractivity contribution in [3.63, 3.8) is 0 Å². The van der Waals surface area contributed by atoms with E-state index in [4.69, 9.17) is 0 Å². The second-order valence-corrected chi connectivity index (χ2v) is 6.48. The lowest BCUT2D eigenvalue weighted by molar-refractivity contribution is 0.418. The second-order valence-electron chi connectivity index (χ2n) is 5.62. The van der Waals surface area contributed by atoms with Crippen molar-refractivity contribution in [3.05, 3.63) is 40.1 Å². The fourth-order valence-electron chi connectivity index (χ4n) is 1.76. The van der Waals surface area contributed by atoms with Crippen molar-refractivity contribution in [3.8, 4) is 5.69 Å². The fraction of sp³-hybridized carbons (Fsp3) is 0.429. The topological polar surface area (TPSA) is 42.7 Å². The molecule has 19 heavy (non-hydrogen) atoms. The molecular weight excluding hydrogens is 304 g/mol. The molecule has 2 rings (SSSR count). The zero-order valence-electron chi connectivity index (χ0n) is 11.7. The summed E-state index contributed by atoms with van der Waals surface area (Å²) in [6.07, 6.45) is 1.80. The molecule has 1 aromatic heterocycles. The molecule has 1 heterocycles. The average Bonchev–Trinajstić information content (AvgIpc) is 2.77. The number of hydrogen-bond acceptors (Lipinski definition) is 3. The van der Waals surface area contributed by atoms with E-state index in [1.807, 2.05) is 16.8 Å². The predicted molar refractivity (Wildman–Crippen MR) is 80.4 cm³/mol. The number of nitrogens with zero attached hydrogens (tertiary/aromatic N) is 3. The maximum atomic E-state index is 4.19. The monoisotopic (exact) mass is 322 g/mol. The summed E-state index contributed by atoms with van der Waals surface area (Å²) in [5, 5.41) is 11.7. The Morgan fingerprint density at radius 3 is 2.74 bits per heavy atom. The quantitative estimate of drug-likeness (QED) is 0.943. The molecule has 1 aromatic carbocycles. The van der Waals surface area contributed by atoms with E-state index < -0.39 is 0 Å². The molecule has 4 nitrogen and oxygen atoms in total. The highest BCUT2D eigenvalue weighted by Gasteiger charge is 2.13. The first-order chi connectivity index (χ1) is 8.88. The molecule has 0 fully saturated rings. The highest BCUT2D eigenvalue weighted by molar-refractivity contribution is 9.10. The van der Waals surface area contributed by atoms with E-state index in [0.717, 1.165) is 28.0 Å². The third-order valence-electron chi connectivity index (χ3n) is 2.89. The maximum Gasteiger partial charge on any atom is 0.0783 e. The maximum absolute atomic E-state index is 4.19. The molecule has 0 amide bonds. The van der Waals surface area contributed by atoms with Gasteiger partial charge in [-0.3, -0.25) is 0 Å². The smallest absolute Gasteiger partial charge is 0.0783 e. The standard InChI is InChI=1S/C14H19BrN4/c1-10-12(15)6-5-7-13(10)19-11(9-17-18-19)8-16-14(2,3)4/h5-7,9,16H,8H2,1-4H3. The van der Waals surface area contributed by atoms with Gasteiger partial charge in [-0.25, -0.2) is 4.68 Å². The Labute approximate surface area is 122 Å². The van der Waals surface area contributed by atoms with Crippen molar-refractivity contribution in [2.45, 2.75) is 39.8 Å². The lowest BCUT2D eigenvalue weighted by Crippen LogP contribution is -2.35. The SMILES string of the molecule is Cc1c(Br)cccc1-n1nncc1CNC(C)(C)C. The zero-order valence-corrected chi connectivity index (χ0v) is 13.3. The number of aromatic nitrogens is 3. The molecule has 2 aromatic rings. The van der Waals surface area contributed by atoms with Gasteiger partial charge in [0.05, 0.1) is 17.6 Å². The minimum atomic E-state index is 0.0708. The van der Waals surface area contributed by atoms with Gasteiger partial charge in [0.2, 0.25) is 0 Å². The summed E-state index contributed by atoms with van der Waals surface area (Å²) in [5.74, 6) is 0. The number of rotatable bonds is 3. The summed E-state index contributed by atoms with van der Waals surface area (Å²) >= 11 is 3.55. The predicted octanol–water partition coefficient (Wildman–Crippen LogP) is 3.23. The Hall–Kier alpha value is -1.20. The summed E-state index contributed by atoms with van der Waals surface area (Å²) in [6, 6.07) is 6.09. The highest BCUT2D eigenvalue weighted by Crippen LogP contribution is 2.23. The van der Waals surface area contributed by atoms with Crippen LogP contribution in [0.3, 0.4) is 0 Å². The van der Waals surface area contributed by atoms with Crippen LogP contribution in [-0.2, 0) is 6.54 Å². The molecule has 1 N–H and O–H groups in total. The Morgan fingerprint density at radius 1 is 1.32 bits per heavy atom. The fourth-order valence-corrected chi connectivity index (χ4v) is 2.12. The molecular formula is C14H19BrN4. The van der Waals surface area contributed by atoms with Crippen LogP contribution in [0.25, 0.3) is 5.69 Å². The molecule has 0 saturated carbocycles. The van der Waals surface area contributed by atoms with Gasteiger partial charge in [0, 0.05) is 16.6 Å². The van der Waals surface area contributed by atoms with Crippen molar-refractivity contribution in [1.29, 1.82) is 0 Å². The Balaban J connectivity index is 2.31. The van der Waals surface area contributed by atoms with Crippen LogP contribution in [0, 0.1) is 6.92 Å². The van der Waals surface area contributed by atoms with E-state index in [1.54, 1.807) is 6.20 Å². The molecule has 0 atom stereocenters. The Bertz CT molecular complexity index is 569. The van der Waals surface area contributed by atoms with Crippen LogP contribution in [0.15, 0.2) is 28.9 Å². The largest absolute Gasteiger partial charge is 0.306 e. The highest BCUT2D eigenvalue weighted by atomic mass is 79.9. The van der Waals surface area contributed by atoms with Gasteiger partial charge in [0.15, 0.2) is 0 Å². The van der Waals surface area contributed by atoms with Crippen molar-refractivity contribution < 1.29 is 0 Å². The Morgan fingerprint density at radius 2 is 2.05 bits per heavy atom. The van der Waals surface area contributed by atoms with Crippen molar-refractivity contribution in [2.24, 2.45) is 0 Å². The van der Waals surface area contributed by atoms with Crippen LogP contribution in [0.4, 0.5) is 0 Å². The number of nitrogens with one attached hydrogen (secondary N) is 1. The van der Waals surface area contributed by atoms with Crippen LogP contribution < -0.4 is 5.32 Å². The van der Waals surface area contributed by atoms with Crippen molar-refractivity contribution >= 4 is 15.9 Å². The molecule has 102 valence electrons. The van der Waals surface area contributed by atoms with E-state index >= 15 is 0 Å². The third kappa shape index (κ3) is 3.42. The minimum absolute atomic E-state index is 0.0708. The van der Waals surface area contributed by atoms with Crippen molar-refractivity contribution in [1.82, 2.24) is 20.3 Å². The average molecular weight is 323 g/mol. The van der Waals surface area contributed by atoms with Gasteiger partial charge in [-0.2, -0.15) is 0 Å². The lowest BCUT2D eigenvalue weighted by Gasteiger charge is -2.20. The summed E-state index contributed by atoms with van der Waals surface area (Å²) in [5.41, 5.74) is 3.33. The first-order valence-electron chi connectivity index (χ1n) is 6.28. The van der Waals surface area contributed by atoms with Gasteiger partial charge >= 0.3 is 0 Å². The molecule has 0 bridgehead atoms. The lowest BCUT2D eigenvalue weighted by atomic mass is 10.1. The molecule has 0 saturated heterocycles. The van der Waals surface area contributed by atoms with E-state index in [2.05, 4.69) is 65.3 Å². The number of benzene rings is 1. The molecule has 0 unspecified atom stereocenters. The molecule has 0 aliphatic carbocycles. The van der Waals surface area contributed by atoms with Gasteiger partial charge in [0.25, 0.3) is 0 Å². The third-order valence-corrected chi connectivity index (χ3v) is 3.75. The van der Waals surface area contributed by atoms with Gasteiger partial charge < -0.3 is 5.32 Å². The molecule has 5 heteroatoms. The molecule has 0 aliphatic heterocycles. The Kier molecular flexibility index (Phi) is 4.06. The van der Waals surface area contributed by atoms with Crippen LogP contribution in [0.2, 0.25) is 0 Å². The first kappa shape index (κ1) is 14.2. The van der Waals surface area contributed by atoms with E-state index in [1.165, 1.54) is 0 Å². The van der Waals surface area contributed by atoms with Crippen molar-refractivity contribution in [2.75, 3.05) is 0 Å². The van der Waals surface area contributed by atoms with Gasteiger partial charge in [-0.05, 0) is 45.4 Å². The number of hydrogen-bond donors (Lipinski definition) is 1. The number of halogens is 1. The van der Waals surface area contributed by atoms with Crippen LogP contribution in [-0.4, -0.2) is 20.5 Å². The van der Waals surface area contributed by atoms with Gasteiger partial charge in [0.1, 0.15) is 0 Å². The normalized spacial score (nSPS) is 11.8. The summed E-state index contributed by atoms with van der Waals surface area (Å²) in [4.78, 5) is 0. The van der Waals surface area contributed by atoms with E-state index in [9.17, 15) is 0 Å². The van der Waals surface area contributed by atoms with Gasteiger partial charge in [-0.15, -0.1) is 5.10 Å². The summed E-state index contributed by atoms with van der Waals surface area (Å²) in [6.45, 7) is 9.24. The minimum Gasteiger partial charge on any atom is -0.306 e. The second kappa shape index (κ2) is 5.43. The summed E-state index contributed by atoms with van der Waals surface area (Å²) < 4.78 is 2.97.